The van der Waals surface area contributed by atoms with Crippen molar-refractivity contribution in [2.75, 3.05) is 50.7 Å². The van der Waals surface area contributed by atoms with Gasteiger partial charge in [-0.2, -0.15) is 0 Å². The maximum Gasteiger partial charge on any atom is 0.224 e. The minimum atomic E-state index is -0.308. The maximum atomic E-state index is 13.5. The molecule has 1 fully saturated rings. The second kappa shape index (κ2) is 11.3. The Morgan fingerprint density at radius 2 is 1.80 bits per heavy atom. The number of piperazine rings is 1. The van der Waals surface area contributed by atoms with Crippen molar-refractivity contribution in [3.05, 3.63) is 53.3 Å². The van der Waals surface area contributed by atoms with Crippen LogP contribution in [0, 0.1) is 11.7 Å². The van der Waals surface area contributed by atoms with Crippen molar-refractivity contribution in [2.24, 2.45) is 5.92 Å². The molecule has 0 radical (unpaired) electrons. The van der Waals surface area contributed by atoms with Crippen molar-refractivity contribution in [1.29, 1.82) is 0 Å². The first-order valence-electron chi connectivity index (χ1n) is 12.3. The van der Waals surface area contributed by atoms with E-state index in [0.29, 0.717) is 29.7 Å². The lowest BCUT2D eigenvalue weighted by molar-refractivity contribution is -0.132. The second-order valence-electron chi connectivity index (χ2n) is 9.44. The van der Waals surface area contributed by atoms with Gasteiger partial charge in [0.1, 0.15) is 11.6 Å². The van der Waals surface area contributed by atoms with Crippen molar-refractivity contribution in [3.63, 3.8) is 0 Å². The van der Waals surface area contributed by atoms with E-state index in [4.69, 9.17) is 21.6 Å². The highest BCUT2D eigenvalue weighted by atomic mass is 35.5. The number of carbonyl (C=O) groups is 1. The van der Waals surface area contributed by atoms with Crippen molar-refractivity contribution >= 4 is 34.2 Å². The Morgan fingerprint density at radius 3 is 2.46 bits per heavy atom. The standard InChI is InChI=1S/C27H33ClFN5O/c1-4-32-13-15-33(16-14-32)25(35)11-12-34(18-19(2)3)27-23-10-7-21(28)17-24(23)30-26(31-27)20-5-8-22(29)9-6-20/h5-10,17,19H,4,11-16,18H2,1-3H3. The first-order valence-corrected chi connectivity index (χ1v) is 12.7. The van der Waals surface area contributed by atoms with Crippen LogP contribution in [0.5, 0.6) is 0 Å². The number of halogens is 2. The van der Waals surface area contributed by atoms with E-state index in [0.717, 1.165) is 61.6 Å². The summed E-state index contributed by atoms with van der Waals surface area (Å²) in [5.74, 6) is 1.51. The molecule has 186 valence electrons. The summed E-state index contributed by atoms with van der Waals surface area (Å²) < 4.78 is 13.5. The van der Waals surface area contributed by atoms with Crippen LogP contribution in [0.2, 0.25) is 5.02 Å². The molecule has 0 saturated carbocycles. The first-order chi connectivity index (χ1) is 16.8. The van der Waals surface area contributed by atoms with Crippen LogP contribution in [-0.2, 0) is 4.79 Å². The summed E-state index contributed by atoms with van der Waals surface area (Å²) in [7, 11) is 0. The van der Waals surface area contributed by atoms with Crippen molar-refractivity contribution in [3.8, 4) is 11.4 Å². The average molecular weight is 498 g/mol. The Balaban J connectivity index is 1.64. The average Bonchev–Trinajstić information content (AvgIpc) is 2.85. The fourth-order valence-electron chi connectivity index (χ4n) is 4.48. The van der Waals surface area contributed by atoms with Gasteiger partial charge in [0.15, 0.2) is 5.82 Å². The van der Waals surface area contributed by atoms with Crippen molar-refractivity contribution < 1.29 is 9.18 Å². The molecule has 1 aliphatic heterocycles. The summed E-state index contributed by atoms with van der Waals surface area (Å²) in [6.45, 7) is 12.2. The first kappa shape index (κ1) is 25.3. The molecule has 0 aliphatic carbocycles. The minimum absolute atomic E-state index is 0.176. The summed E-state index contributed by atoms with van der Waals surface area (Å²) in [5, 5.41) is 1.47. The van der Waals surface area contributed by atoms with Gasteiger partial charge in [0.05, 0.1) is 5.52 Å². The van der Waals surface area contributed by atoms with Gasteiger partial charge in [-0.25, -0.2) is 14.4 Å². The number of aromatic nitrogens is 2. The molecule has 8 heteroatoms. The summed E-state index contributed by atoms with van der Waals surface area (Å²) in [6, 6.07) is 11.8. The quantitative estimate of drug-likeness (QED) is 0.433. The van der Waals surface area contributed by atoms with Crippen molar-refractivity contribution in [2.45, 2.75) is 27.2 Å². The van der Waals surface area contributed by atoms with E-state index < -0.39 is 0 Å². The Bertz CT molecular complexity index is 1160. The number of amides is 1. The highest BCUT2D eigenvalue weighted by Crippen LogP contribution is 2.30. The van der Waals surface area contributed by atoms with Crippen LogP contribution in [0.1, 0.15) is 27.2 Å². The molecule has 4 rings (SSSR count). The van der Waals surface area contributed by atoms with Crippen LogP contribution >= 0.6 is 11.6 Å². The number of likely N-dealkylation sites (N-methyl/N-ethyl adjacent to an activating group) is 1. The van der Waals surface area contributed by atoms with Crippen LogP contribution in [0.3, 0.4) is 0 Å². The summed E-state index contributed by atoms with van der Waals surface area (Å²) in [6.07, 6.45) is 0.420. The molecular formula is C27H33ClFN5O. The van der Waals surface area contributed by atoms with Crippen LogP contribution in [0.4, 0.5) is 10.2 Å². The van der Waals surface area contributed by atoms with Crippen LogP contribution in [0.15, 0.2) is 42.5 Å². The second-order valence-corrected chi connectivity index (χ2v) is 9.88. The summed E-state index contributed by atoms with van der Waals surface area (Å²) >= 11 is 6.29. The normalized spacial score (nSPS) is 14.6. The van der Waals surface area contributed by atoms with E-state index in [1.54, 1.807) is 12.1 Å². The molecule has 0 bridgehead atoms. The summed E-state index contributed by atoms with van der Waals surface area (Å²) in [5.41, 5.74) is 1.45. The lowest BCUT2D eigenvalue weighted by Gasteiger charge is -2.35. The lowest BCUT2D eigenvalue weighted by atomic mass is 10.1. The van der Waals surface area contributed by atoms with Gasteiger partial charge < -0.3 is 14.7 Å². The Morgan fingerprint density at radius 1 is 1.09 bits per heavy atom. The molecule has 1 aromatic heterocycles. The number of nitrogens with zero attached hydrogens (tertiary/aromatic N) is 5. The number of hydrogen-bond acceptors (Lipinski definition) is 5. The molecule has 0 spiro atoms. The number of carbonyl (C=O) groups excluding carboxylic acids is 1. The van der Waals surface area contributed by atoms with Gasteiger partial charge in [-0.3, -0.25) is 4.79 Å². The third-order valence-corrected chi connectivity index (χ3v) is 6.63. The van der Waals surface area contributed by atoms with E-state index in [1.807, 2.05) is 23.1 Å². The SMILES string of the molecule is CCN1CCN(C(=O)CCN(CC(C)C)c2nc(-c3ccc(F)cc3)nc3cc(Cl)ccc23)CC1. The smallest absolute Gasteiger partial charge is 0.224 e. The van der Waals surface area contributed by atoms with Crippen molar-refractivity contribution in [1.82, 2.24) is 19.8 Å². The molecule has 2 heterocycles. The monoisotopic (exact) mass is 497 g/mol. The predicted octanol–water partition coefficient (Wildman–Crippen LogP) is 5.11. The van der Waals surface area contributed by atoms with Gasteiger partial charge in [0.2, 0.25) is 5.91 Å². The molecule has 3 aromatic rings. The topological polar surface area (TPSA) is 52.6 Å². The molecule has 35 heavy (non-hydrogen) atoms. The molecule has 0 N–H and O–H groups in total. The van der Waals surface area contributed by atoms with E-state index in [1.165, 1.54) is 12.1 Å². The Labute approximate surface area is 211 Å². The van der Waals surface area contributed by atoms with Gasteiger partial charge in [0.25, 0.3) is 0 Å². The third-order valence-electron chi connectivity index (χ3n) is 6.39. The fourth-order valence-corrected chi connectivity index (χ4v) is 4.65. The molecule has 1 aliphatic rings. The van der Waals surface area contributed by atoms with Gasteiger partial charge in [-0.15, -0.1) is 0 Å². The molecule has 1 saturated heterocycles. The number of rotatable bonds is 8. The van der Waals surface area contributed by atoms with Gasteiger partial charge in [-0.1, -0.05) is 32.4 Å². The van der Waals surface area contributed by atoms with Crippen LogP contribution < -0.4 is 4.90 Å². The number of hydrogen-bond donors (Lipinski definition) is 0. The van der Waals surface area contributed by atoms with E-state index in [2.05, 4.69) is 30.6 Å². The van der Waals surface area contributed by atoms with Gasteiger partial charge in [-0.05, 0) is 54.9 Å². The van der Waals surface area contributed by atoms with E-state index in [9.17, 15) is 9.18 Å². The highest BCUT2D eigenvalue weighted by molar-refractivity contribution is 6.31. The minimum Gasteiger partial charge on any atom is -0.355 e. The number of fused-ring (bicyclic) bond motifs is 1. The fraction of sp³-hybridized carbons (Fsp3) is 0.444. The largest absolute Gasteiger partial charge is 0.355 e. The highest BCUT2D eigenvalue weighted by Gasteiger charge is 2.22. The zero-order valence-electron chi connectivity index (χ0n) is 20.7. The lowest BCUT2D eigenvalue weighted by Crippen LogP contribution is -2.49. The molecule has 6 nitrogen and oxygen atoms in total. The Kier molecular flexibility index (Phi) is 8.19. The van der Waals surface area contributed by atoms with E-state index in [-0.39, 0.29) is 11.7 Å². The summed E-state index contributed by atoms with van der Waals surface area (Å²) in [4.78, 5) is 29.2. The van der Waals surface area contributed by atoms with Gasteiger partial charge in [0, 0.05) is 61.7 Å². The molecule has 0 atom stereocenters. The molecular weight excluding hydrogens is 465 g/mol. The molecule has 2 aromatic carbocycles. The Hall–Kier alpha value is -2.77. The number of benzene rings is 2. The zero-order valence-corrected chi connectivity index (χ0v) is 21.4. The zero-order chi connectivity index (χ0) is 24.9. The molecule has 1 amide bonds. The van der Waals surface area contributed by atoms with Gasteiger partial charge >= 0.3 is 0 Å². The maximum absolute atomic E-state index is 13.5. The molecule has 0 unspecified atom stereocenters. The van der Waals surface area contributed by atoms with E-state index >= 15 is 0 Å². The van der Waals surface area contributed by atoms with Crippen LogP contribution in [0.25, 0.3) is 22.3 Å². The number of anilines is 1. The third kappa shape index (κ3) is 6.27. The van der Waals surface area contributed by atoms with Crippen LogP contribution in [-0.4, -0.2) is 71.5 Å². The predicted molar refractivity (Wildman–Crippen MR) is 140 cm³/mol.